The van der Waals surface area contributed by atoms with Gasteiger partial charge in [0.25, 0.3) is 0 Å². The van der Waals surface area contributed by atoms with Crippen molar-refractivity contribution in [3.05, 3.63) is 112 Å². The molecule has 1 fully saturated rings. The number of pyridine rings is 1. The number of rotatable bonds is 12. The molecule has 1 unspecified atom stereocenters. The van der Waals surface area contributed by atoms with E-state index in [0.717, 1.165) is 53.4 Å². The molecule has 3 nitrogen and oxygen atoms in total. The van der Waals surface area contributed by atoms with Crippen molar-refractivity contribution in [3.8, 4) is 0 Å². The molecule has 1 aliphatic rings. The zero-order valence-corrected chi connectivity index (χ0v) is 25.9. The fourth-order valence-electron chi connectivity index (χ4n) is 5.71. The molecule has 41 heavy (non-hydrogen) atoms. The molecule has 5 rings (SSSR count). The van der Waals surface area contributed by atoms with Gasteiger partial charge in [-0.25, -0.2) is 4.98 Å². The monoisotopic (exact) mass is 581 g/mol. The number of thiol groups is 1. The van der Waals surface area contributed by atoms with Gasteiger partial charge in [0, 0.05) is 29.2 Å². The predicted molar refractivity (Wildman–Crippen MR) is 177 cm³/mol. The van der Waals surface area contributed by atoms with Gasteiger partial charge in [-0.1, -0.05) is 80.6 Å². The number of aryl methyl sites for hydroxylation is 2. The van der Waals surface area contributed by atoms with Crippen LogP contribution in [0.15, 0.2) is 78.9 Å². The fraction of sp³-hybridized carbons (Fsp3) is 0.333. The van der Waals surface area contributed by atoms with Crippen LogP contribution < -0.4 is 0 Å². The summed E-state index contributed by atoms with van der Waals surface area (Å²) in [5, 5.41) is 0.913. The van der Waals surface area contributed by atoms with Gasteiger partial charge < -0.3 is 4.55 Å². The second-order valence-corrected chi connectivity index (χ2v) is 14.0. The number of carbonyl (C=O) groups excluding carboxylic acids is 1. The summed E-state index contributed by atoms with van der Waals surface area (Å²) < 4.78 is 14.0. The van der Waals surface area contributed by atoms with E-state index in [4.69, 9.17) is 4.98 Å². The van der Waals surface area contributed by atoms with Crippen molar-refractivity contribution in [2.24, 2.45) is 5.41 Å². The van der Waals surface area contributed by atoms with Crippen LogP contribution in [0.25, 0.3) is 23.1 Å². The van der Waals surface area contributed by atoms with E-state index >= 15 is 0 Å². The first-order chi connectivity index (χ1) is 19.7. The van der Waals surface area contributed by atoms with Crippen LogP contribution in [0.4, 0.5) is 0 Å². The standard InChI is InChI=1S/C36H39NO2S2/c1-25(2)32-10-5-4-8-28(32)15-18-34(41(39)24-36(19-20-36)23-35(38)40)30-9-6-7-27(22-30)12-16-31-17-14-29-13-11-26(3)21-33(29)37-31/h4-14,16-17,21-22,25,34H,15,18-20,23-24H2,1-3H3,(H,38,40)/b16-12+/t34-,41?/m1/s1. The molecule has 1 aliphatic carbocycles. The number of hydrogen-bond acceptors (Lipinski definition) is 3. The third-order valence-electron chi connectivity index (χ3n) is 8.20. The molecule has 0 saturated heterocycles. The minimum atomic E-state index is -1.11. The molecule has 1 saturated carbocycles. The van der Waals surface area contributed by atoms with Crippen molar-refractivity contribution in [2.45, 2.75) is 64.0 Å². The molecule has 1 heterocycles. The van der Waals surface area contributed by atoms with Gasteiger partial charge >= 0.3 is 0 Å². The number of hydrogen-bond donors (Lipinski definition) is 1. The van der Waals surface area contributed by atoms with Crippen LogP contribution >= 0.6 is 12.6 Å². The molecule has 1 aromatic heterocycles. The molecule has 0 aliphatic heterocycles. The summed E-state index contributed by atoms with van der Waals surface area (Å²) in [5.41, 5.74) is 7.77. The Labute approximate surface area is 253 Å². The molecule has 212 valence electrons. The first-order valence-electron chi connectivity index (χ1n) is 14.5. The van der Waals surface area contributed by atoms with Crippen LogP contribution in [-0.4, -0.2) is 20.4 Å². The topological polar surface area (TPSA) is 53.0 Å². The SMILES string of the molecule is Cc1ccc2ccc(/C=C/c3cccc([C@@H](CCc4ccccc4C(C)C)[S+]([O-])CC4(CC(=O)S)CC4)c3)nc2c1. The lowest BCUT2D eigenvalue weighted by Crippen LogP contribution is -2.25. The summed E-state index contributed by atoms with van der Waals surface area (Å²) in [6.45, 7) is 6.53. The average Bonchev–Trinajstić information content (AvgIpc) is 3.69. The van der Waals surface area contributed by atoms with Gasteiger partial charge in [-0.15, -0.1) is 12.6 Å². The van der Waals surface area contributed by atoms with E-state index in [1.807, 2.05) is 12.1 Å². The zero-order valence-electron chi connectivity index (χ0n) is 24.2. The van der Waals surface area contributed by atoms with Gasteiger partial charge in [-0.2, -0.15) is 0 Å². The summed E-state index contributed by atoms with van der Waals surface area (Å²) in [6, 6.07) is 27.5. The van der Waals surface area contributed by atoms with Gasteiger partial charge in [0.2, 0.25) is 0 Å². The smallest absolute Gasteiger partial charge is 0.186 e. The quantitative estimate of drug-likeness (QED) is 0.134. The number of carbonyl (C=O) groups is 1. The zero-order chi connectivity index (χ0) is 29.0. The maximum absolute atomic E-state index is 14.0. The molecule has 0 bridgehead atoms. The highest BCUT2D eigenvalue weighted by Crippen LogP contribution is 2.52. The normalized spacial score (nSPS) is 15.9. The first-order valence-corrected chi connectivity index (χ1v) is 16.4. The highest BCUT2D eigenvalue weighted by Gasteiger charge is 2.48. The lowest BCUT2D eigenvalue weighted by molar-refractivity contribution is -0.111. The van der Waals surface area contributed by atoms with Crippen LogP contribution in [0.5, 0.6) is 0 Å². The van der Waals surface area contributed by atoms with Crippen molar-refractivity contribution in [1.82, 2.24) is 4.98 Å². The molecule has 3 aromatic carbocycles. The number of fused-ring (bicyclic) bond motifs is 1. The van der Waals surface area contributed by atoms with E-state index < -0.39 is 11.2 Å². The van der Waals surface area contributed by atoms with Crippen molar-refractivity contribution >= 4 is 52.0 Å². The summed E-state index contributed by atoms with van der Waals surface area (Å²) in [7, 11) is 0. The Kier molecular flexibility index (Phi) is 9.38. The maximum atomic E-state index is 14.0. The van der Waals surface area contributed by atoms with Gasteiger partial charge in [0.1, 0.15) is 11.0 Å². The molecular weight excluding hydrogens is 543 g/mol. The van der Waals surface area contributed by atoms with E-state index in [2.05, 4.69) is 112 Å². The predicted octanol–water partition coefficient (Wildman–Crippen LogP) is 8.89. The lowest BCUT2D eigenvalue weighted by Gasteiger charge is -2.26. The highest BCUT2D eigenvalue weighted by molar-refractivity contribution is 7.96. The number of aromatic nitrogens is 1. The molecule has 0 radical (unpaired) electrons. The Hall–Kier alpha value is -2.86. The van der Waals surface area contributed by atoms with Crippen LogP contribution in [0.2, 0.25) is 0 Å². The summed E-state index contributed by atoms with van der Waals surface area (Å²) in [5.74, 6) is 0.989. The van der Waals surface area contributed by atoms with Crippen LogP contribution in [0, 0.1) is 12.3 Å². The summed E-state index contributed by atoms with van der Waals surface area (Å²) in [6.07, 6.45) is 8.10. The largest absolute Gasteiger partial charge is 0.616 e. The van der Waals surface area contributed by atoms with E-state index in [1.54, 1.807) is 0 Å². The van der Waals surface area contributed by atoms with E-state index in [1.165, 1.54) is 16.7 Å². The molecule has 2 atom stereocenters. The second kappa shape index (κ2) is 13.0. The fourth-order valence-corrected chi connectivity index (χ4v) is 8.08. The second-order valence-electron chi connectivity index (χ2n) is 11.9. The summed E-state index contributed by atoms with van der Waals surface area (Å²) >= 11 is 2.92. The van der Waals surface area contributed by atoms with E-state index in [-0.39, 0.29) is 15.8 Å². The number of nitrogens with zero attached hydrogens (tertiary/aromatic N) is 1. The van der Waals surface area contributed by atoms with Crippen molar-refractivity contribution in [2.75, 3.05) is 5.75 Å². The Balaban J connectivity index is 1.40. The number of benzene rings is 3. The molecule has 0 amide bonds. The molecule has 4 aromatic rings. The lowest BCUT2D eigenvalue weighted by atomic mass is 9.93. The van der Waals surface area contributed by atoms with Crippen molar-refractivity contribution in [3.63, 3.8) is 0 Å². The Morgan fingerprint density at radius 3 is 2.56 bits per heavy atom. The van der Waals surface area contributed by atoms with Gasteiger partial charge in [-0.05, 0) is 89.8 Å². The minimum Gasteiger partial charge on any atom is -0.616 e. The average molecular weight is 582 g/mol. The van der Waals surface area contributed by atoms with Gasteiger partial charge in [-0.3, -0.25) is 4.79 Å². The van der Waals surface area contributed by atoms with Crippen molar-refractivity contribution < 1.29 is 9.35 Å². The molecular formula is C36H39NO2S2. The molecule has 0 N–H and O–H groups in total. The third-order valence-corrected chi connectivity index (χ3v) is 10.4. The van der Waals surface area contributed by atoms with E-state index in [9.17, 15) is 9.35 Å². The Morgan fingerprint density at radius 2 is 1.80 bits per heavy atom. The van der Waals surface area contributed by atoms with Crippen LogP contribution in [0.3, 0.4) is 0 Å². The van der Waals surface area contributed by atoms with Crippen molar-refractivity contribution in [1.29, 1.82) is 0 Å². The Bertz CT molecular complexity index is 1560. The molecule has 0 spiro atoms. The Morgan fingerprint density at radius 1 is 1.02 bits per heavy atom. The first kappa shape index (κ1) is 29.6. The molecule has 5 heteroatoms. The van der Waals surface area contributed by atoms with E-state index in [0.29, 0.717) is 18.1 Å². The van der Waals surface area contributed by atoms with Crippen LogP contribution in [-0.2, 0) is 22.4 Å². The maximum Gasteiger partial charge on any atom is 0.186 e. The van der Waals surface area contributed by atoms with Crippen LogP contribution in [0.1, 0.15) is 84.2 Å². The van der Waals surface area contributed by atoms with Gasteiger partial charge in [0.15, 0.2) is 5.12 Å². The minimum absolute atomic E-state index is 0.105. The van der Waals surface area contributed by atoms with Gasteiger partial charge in [0.05, 0.1) is 11.2 Å². The third kappa shape index (κ3) is 7.71. The summed E-state index contributed by atoms with van der Waals surface area (Å²) in [4.78, 5) is 16.6. The highest BCUT2D eigenvalue weighted by atomic mass is 32.2.